The smallest absolute Gasteiger partial charge is 0.253 e. The van der Waals surface area contributed by atoms with Crippen LogP contribution in [-0.2, 0) is 0 Å². The van der Waals surface area contributed by atoms with E-state index in [2.05, 4.69) is 21.5 Å². The highest BCUT2D eigenvalue weighted by Crippen LogP contribution is 2.31. The number of aromatic nitrogens is 1. The highest BCUT2D eigenvalue weighted by atomic mass is 16.3. The molecule has 0 unspecified atom stereocenters. The van der Waals surface area contributed by atoms with Crippen LogP contribution in [0.1, 0.15) is 29.6 Å². The predicted octanol–water partition coefficient (Wildman–Crippen LogP) is 0.771. The van der Waals surface area contributed by atoms with Crippen molar-refractivity contribution in [1.29, 1.82) is 0 Å². The molecule has 1 heterocycles. The number of hydrogen-bond donors (Lipinski definition) is 3. The van der Waals surface area contributed by atoms with Crippen LogP contribution in [0.25, 0.3) is 0 Å². The molecule has 5 nitrogen and oxygen atoms in total. The maximum atomic E-state index is 11.6. The first kappa shape index (κ1) is 13.4. The Bertz CT molecular complexity index is 486. The molecule has 1 amide bonds. The lowest BCUT2D eigenvalue weighted by Gasteiger charge is -2.36. The number of amides is 1. The van der Waals surface area contributed by atoms with Crippen molar-refractivity contribution in [2.45, 2.75) is 24.9 Å². The van der Waals surface area contributed by atoms with E-state index in [-0.39, 0.29) is 12.5 Å². The van der Waals surface area contributed by atoms with Crippen molar-refractivity contribution in [3.8, 4) is 12.3 Å². The van der Waals surface area contributed by atoms with Gasteiger partial charge in [-0.05, 0) is 31.4 Å². The van der Waals surface area contributed by atoms with Gasteiger partial charge < -0.3 is 15.7 Å². The Morgan fingerprint density at radius 2 is 2.32 bits per heavy atom. The summed E-state index contributed by atoms with van der Waals surface area (Å²) in [5.41, 5.74) is -0.131. The monoisotopic (exact) mass is 259 g/mol. The van der Waals surface area contributed by atoms with Gasteiger partial charge in [-0.3, -0.25) is 4.79 Å². The van der Waals surface area contributed by atoms with Crippen molar-refractivity contribution >= 4 is 11.7 Å². The number of nitrogens with one attached hydrogen (secondary N) is 2. The largest absolute Gasteiger partial charge is 0.388 e. The van der Waals surface area contributed by atoms with Crippen molar-refractivity contribution in [3.05, 3.63) is 23.9 Å². The minimum atomic E-state index is -0.593. The summed E-state index contributed by atoms with van der Waals surface area (Å²) in [5.74, 6) is 2.74. The van der Waals surface area contributed by atoms with Crippen molar-refractivity contribution < 1.29 is 9.90 Å². The average Bonchev–Trinajstić information content (AvgIpc) is 2.41. The molecule has 0 spiro atoms. The summed E-state index contributed by atoms with van der Waals surface area (Å²) in [6, 6.07) is 3.39. The fraction of sp³-hybridized carbons (Fsp3) is 0.429. The van der Waals surface area contributed by atoms with E-state index in [0.29, 0.717) is 17.9 Å². The second-order valence-corrected chi connectivity index (χ2v) is 4.75. The van der Waals surface area contributed by atoms with Crippen LogP contribution >= 0.6 is 0 Å². The van der Waals surface area contributed by atoms with Gasteiger partial charge in [0.15, 0.2) is 0 Å². The summed E-state index contributed by atoms with van der Waals surface area (Å²) < 4.78 is 0. The molecule has 1 aromatic rings. The first-order valence-electron chi connectivity index (χ1n) is 6.27. The zero-order valence-electron chi connectivity index (χ0n) is 10.6. The molecule has 19 heavy (non-hydrogen) atoms. The lowest BCUT2D eigenvalue weighted by atomic mass is 9.80. The van der Waals surface area contributed by atoms with Gasteiger partial charge >= 0.3 is 0 Å². The molecule has 1 saturated carbocycles. The zero-order valence-corrected chi connectivity index (χ0v) is 10.6. The minimum Gasteiger partial charge on any atom is -0.388 e. The molecule has 1 aliphatic carbocycles. The van der Waals surface area contributed by atoms with Crippen LogP contribution in [0.4, 0.5) is 5.82 Å². The standard InChI is InChI=1S/C14H17N3O2/c1-2-8-15-13(18)11-4-5-12(16-9-11)17-10-14(19)6-3-7-14/h1,4-5,9,19H,3,6-8,10H2,(H,15,18)(H,16,17). The van der Waals surface area contributed by atoms with E-state index < -0.39 is 5.60 Å². The van der Waals surface area contributed by atoms with E-state index in [4.69, 9.17) is 6.42 Å². The number of carbonyl (C=O) groups is 1. The predicted molar refractivity (Wildman–Crippen MR) is 72.7 cm³/mol. The summed E-state index contributed by atoms with van der Waals surface area (Å²) in [4.78, 5) is 15.7. The third-order valence-electron chi connectivity index (χ3n) is 3.26. The van der Waals surface area contributed by atoms with E-state index in [1.165, 1.54) is 6.20 Å². The zero-order chi connectivity index (χ0) is 13.7. The molecular formula is C14H17N3O2. The molecule has 0 aromatic carbocycles. The van der Waals surface area contributed by atoms with Gasteiger partial charge in [0.05, 0.1) is 17.7 Å². The van der Waals surface area contributed by atoms with E-state index in [0.717, 1.165) is 19.3 Å². The van der Waals surface area contributed by atoms with Gasteiger partial charge in [0.2, 0.25) is 0 Å². The molecule has 3 N–H and O–H groups in total. The molecule has 5 heteroatoms. The van der Waals surface area contributed by atoms with Crippen molar-refractivity contribution in [2.75, 3.05) is 18.4 Å². The molecule has 1 aliphatic rings. The van der Waals surface area contributed by atoms with Crippen LogP contribution in [0, 0.1) is 12.3 Å². The minimum absolute atomic E-state index is 0.200. The molecule has 1 fully saturated rings. The Kier molecular flexibility index (Phi) is 4.03. The number of rotatable bonds is 5. The summed E-state index contributed by atoms with van der Waals surface area (Å²) in [6.07, 6.45) is 9.27. The van der Waals surface area contributed by atoms with E-state index in [1.54, 1.807) is 12.1 Å². The van der Waals surface area contributed by atoms with Crippen LogP contribution < -0.4 is 10.6 Å². The van der Waals surface area contributed by atoms with Crippen LogP contribution in [0.2, 0.25) is 0 Å². The second-order valence-electron chi connectivity index (χ2n) is 4.75. The number of terminal acetylenes is 1. The number of nitrogens with zero attached hydrogens (tertiary/aromatic N) is 1. The van der Waals surface area contributed by atoms with Gasteiger partial charge in [-0.1, -0.05) is 5.92 Å². The fourth-order valence-electron chi connectivity index (χ4n) is 1.88. The normalized spacial score (nSPS) is 16.0. The fourth-order valence-corrected chi connectivity index (χ4v) is 1.88. The first-order valence-corrected chi connectivity index (χ1v) is 6.27. The Balaban J connectivity index is 1.87. The highest BCUT2D eigenvalue weighted by molar-refractivity contribution is 5.94. The number of aliphatic hydroxyl groups is 1. The maximum Gasteiger partial charge on any atom is 0.253 e. The molecule has 2 rings (SSSR count). The lowest BCUT2D eigenvalue weighted by molar-refractivity contribution is -0.0202. The Morgan fingerprint density at radius 3 is 2.84 bits per heavy atom. The van der Waals surface area contributed by atoms with E-state index >= 15 is 0 Å². The van der Waals surface area contributed by atoms with Gasteiger partial charge in [0.1, 0.15) is 5.82 Å². The van der Waals surface area contributed by atoms with Crippen molar-refractivity contribution in [1.82, 2.24) is 10.3 Å². The lowest BCUT2D eigenvalue weighted by Crippen LogP contribution is -2.43. The second kappa shape index (κ2) is 5.72. The summed E-state index contributed by atoms with van der Waals surface area (Å²) >= 11 is 0. The molecule has 0 radical (unpaired) electrons. The Hall–Kier alpha value is -2.06. The maximum absolute atomic E-state index is 11.6. The van der Waals surface area contributed by atoms with Gasteiger partial charge in [0.25, 0.3) is 5.91 Å². The van der Waals surface area contributed by atoms with Gasteiger partial charge in [-0.25, -0.2) is 4.98 Å². The summed E-state index contributed by atoms with van der Waals surface area (Å²) in [6.45, 7) is 0.689. The third-order valence-corrected chi connectivity index (χ3v) is 3.26. The van der Waals surface area contributed by atoms with Gasteiger partial charge in [-0.2, -0.15) is 0 Å². The van der Waals surface area contributed by atoms with Crippen LogP contribution in [-0.4, -0.2) is 34.7 Å². The molecule has 0 saturated heterocycles. The number of hydrogen-bond acceptors (Lipinski definition) is 4. The third kappa shape index (κ3) is 3.46. The molecular weight excluding hydrogens is 242 g/mol. The highest BCUT2D eigenvalue weighted by Gasteiger charge is 2.33. The topological polar surface area (TPSA) is 74.2 Å². The van der Waals surface area contributed by atoms with Gasteiger partial charge in [-0.15, -0.1) is 6.42 Å². The number of carbonyl (C=O) groups excluding carboxylic acids is 1. The molecule has 100 valence electrons. The first-order chi connectivity index (χ1) is 9.13. The van der Waals surface area contributed by atoms with Gasteiger partial charge in [0, 0.05) is 12.7 Å². The van der Waals surface area contributed by atoms with Crippen LogP contribution in [0.5, 0.6) is 0 Å². The molecule has 1 aromatic heterocycles. The van der Waals surface area contributed by atoms with Crippen LogP contribution in [0.15, 0.2) is 18.3 Å². The SMILES string of the molecule is C#CCNC(=O)c1ccc(NCC2(O)CCC2)nc1. The number of anilines is 1. The van der Waals surface area contributed by atoms with E-state index in [1.807, 2.05) is 0 Å². The summed E-state index contributed by atoms with van der Waals surface area (Å²) in [5, 5.41) is 15.6. The Labute approximate surface area is 112 Å². The van der Waals surface area contributed by atoms with E-state index in [9.17, 15) is 9.90 Å². The van der Waals surface area contributed by atoms with Crippen molar-refractivity contribution in [3.63, 3.8) is 0 Å². The number of pyridine rings is 1. The van der Waals surface area contributed by atoms with Crippen molar-refractivity contribution in [2.24, 2.45) is 0 Å². The summed E-state index contributed by atoms with van der Waals surface area (Å²) in [7, 11) is 0. The molecule has 0 bridgehead atoms. The van der Waals surface area contributed by atoms with Crippen LogP contribution in [0.3, 0.4) is 0 Å². The average molecular weight is 259 g/mol. The molecule has 0 aliphatic heterocycles. The Morgan fingerprint density at radius 1 is 1.53 bits per heavy atom. The molecule has 0 atom stereocenters. The quantitative estimate of drug-likeness (QED) is 0.683.